The number of hydrogen-bond donors (Lipinski definition) is 2. The van der Waals surface area contributed by atoms with E-state index >= 15 is 0 Å². The summed E-state index contributed by atoms with van der Waals surface area (Å²) >= 11 is 0. The minimum Gasteiger partial charge on any atom is -0.481 e. The second-order valence-electron chi connectivity index (χ2n) is 3.87. The molecular formula is C9H17NO3. The van der Waals surface area contributed by atoms with Gasteiger partial charge in [0, 0.05) is 13.7 Å². The van der Waals surface area contributed by atoms with E-state index < -0.39 is 11.4 Å². The molecule has 0 aromatic heterocycles. The minimum absolute atomic E-state index is 0.159. The second-order valence-corrected chi connectivity index (χ2v) is 3.87. The van der Waals surface area contributed by atoms with Gasteiger partial charge in [-0.1, -0.05) is 12.8 Å². The summed E-state index contributed by atoms with van der Waals surface area (Å²) in [6, 6.07) is 0. The van der Waals surface area contributed by atoms with Crippen molar-refractivity contribution in [2.24, 2.45) is 17.1 Å². The van der Waals surface area contributed by atoms with Gasteiger partial charge < -0.3 is 15.6 Å². The zero-order valence-corrected chi connectivity index (χ0v) is 7.95. The van der Waals surface area contributed by atoms with Gasteiger partial charge in [0.25, 0.3) is 0 Å². The van der Waals surface area contributed by atoms with Gasteiger partial charge in [-0.25, -0.2) is 0 Å². The van der Waals surface area contributed by atoms with Gasteiger partial charge in [0.1, 0.15) is 5.41 Å². The highest BCUT2D eigenvalue weighted by Gasteiger charge is 2.42. The van der Waals surface area contributed by atoms with E-state index in [1.807, 2.05) is 0 Å². The quantitative estimate of drug-likeness (QED) is 0.633. The van der Waals surface area contributed by atoms with Gasteiger partial charge in [-0.05, 0) is 12.3 Å². The van der Waals surface area contributed by atoms with Crippen LogP contribution >= 0.6 is 0 Å². The van der Waals surface area contributed by atoms with Gasteiger partial charge in [0.05, 0.1) is 6.61 Å². The van der Waals surface area contributed by atoms with Gasteiger partial charge in [0.15, 0.2) is 0 Å². The van der Waals surface area contributed by atoms with Crippen molar-refractivity contribution in [3.8, 4) is 0 Å². The van der Waals surface area contributed by atoms with Crippen molar-refractivity contribution in [1.29, 1.82) is 0 Å². The molecule has 0 aromatic carbocycles. The molecule has 0 saturated heterocycles. The first-order chi connectivity index (χ1) is 6.14. The predicted molar refractivity (Wildman–Crippen MR) is 48.3 cm³/mol. The van der Waals surface area contributed by atoms with Gasteiger partial charge in [-0.2, -0.15) is 0 Å². The lowest BCUT2D eigenvalue weighted by Crippen LogP contribution is -2.43. The molecule has 1 atom stereocenters. The number of carbonyl (C=O) groups is 1. The molecule has 0 bridgehead atoms. The molecule has 4 heteroatoms. The monoisotopic (exact) mass is 187 g/mol. The van der Waals surface area contributed by atoms with E-state index in [0.29, 0.717) is 12.3 Å². The van der Waals surface area contributed by atoms with Crippen LogP contribution in [0.1, 0.15) is 19.3 Å². The fourth-order valence-corrected chi connectivity index (χ4v) is 1.59. The van der Waals surface area contributed by atoms with Crippen molar-refractivity contribution >= 4 is 5.97 Å². The maximum atomic E-state index is 11.0. The third-order valence-electron chi connectivity index (χ3n) is 2.64. The first kappa shape index (κ1) is 10.5. The Kier molecular flexibility index (Phi) is 3.27. The van der Waals surface area contributed by atoms with Crippen LogP contribution in [0.5, 0.6) is 0 Å². The average Bonchev–Trinajstić information content (AvgIpc) is 2.87. The fourth-order valence-electron chi connectivity index (χ4n) is 1.59. The summed E-state index contributed by atoms with van der Waals surface area (Å²) in [5.41, 5.74) is 4.66. The smallest absolute Gasteiger partial charge is 0.313 e. The van der Waals surface area contributed by atoms with E-state index in [1.54, 1.807) is 0 Å². The molecule has 0 heterocycles. The first-order valence-electron chi connectivity index (χ1n) is 4.57. The van der Waals surface area contributed by atoms with Crippen molar-refractivity contribution in [1.82, 2.24) is 0 Å². The highest BCUT2D eigenvalue weighted by atomic mass is 16.5. The zero-order chi connectivity index (χ0) is 9.90. The van der Waals surface area contributed by atoms with Crippen molar-refractivity contribution in [2.45, 2.75) is 19.3 Å². The van der Waals surface area contributed by atoms with Crippen molar-refractivity contribution in [2.75, 3.05) is 20.3 Å². The van der Waals surface area contributed by atoms with Crippen molar-refractivity contribution in [3.05, 3.63) is 0 Å². The van der Waals surface area contributed by atoms with Gasteiger partial charge in [0.2, 0.25) is 0 Å². The maximum absolute atomic E-state index is 11.0. The molecule has 1 unspecified atom stereocenters. The van der Waals surface area contributed by atoms with E-state index in [-0.39, 0.29) is 13.2 Å². The number of nitrogens with two attached hydrogens (primary N) is 1. The maximum Gasteiger partial charge on any atom is 0.313 e. The minimum atomic E-state index is -0.851. The Labute approximate surface area is 78.1 Å². The standard InChI is InChI=1S/C9H17NO3/c1-13-6-9(5-10,8(11)12)4-7-2-3-7/h7H,2-6,10H2,1H3,(H,11,12). The molecular weight excluding hydrogens is 170 g/mol. The summed E-state index contributed by atoms with van der Waals surface area (Å²) in [5, 5.41) is 9.07. The van der Waals surface area contributed by atoms with Crippen LogP contribution in [0.4, 0.5) is 0 Å². The van der Waals surface area contributed by atoms with E-state index in [2.05, 4.69) is 0 Å². The molecule has 1 rings (SSSR count). The number of carboxylic acids is 1. The Morgan fingerprint density at radius 2 is 2.31 bits per heavy atom. The summed E-state index contributed by atoms with van der Waals surface area (Å²) in [7, 11) is 1.51. The molecule has 0 radical (unpaired) electrons. The van der Waals surface area contributed by atoms with Crippen LogP contribution in [-0.2, 0) is 9.53 Å². The molecule has 0 spiro atoms. The normalized spacial score (nSPS) is 21.1. The summed E-state index contributed by atoms with van der Waals surface area (Å²) in [5.74, 6) is -0.279. The Hall–Kier alpha value is -0.610. The number of carboxylic acid groups (broad SMARTS) is 1. The molecule has 4 nitrogen and oxygen atoms in total. The topological polar surface area (TPSA) is 72.5 Å². The summed E-state index contributed by atoms with van der Waals surface area (Å²) in [6.45, 7) is 0.377. The number of methoxy groups -OCH3 is 1. The second kappa shape index (κ2) is 4.07. The Morgan fingerprint density at radius 1 is 1.69 bits per heavy atom. The molecule has 0 amide bonds. The van der Waals surface area contributed by atoms with Crippen LogP contribution in [0.15, 0.2) is 0 Å². The number of ether oxygens (including phenoxy) is 1. The largest absolute Gasteiger partial charge is 0.481 e. The molecule has 3 N–H and O–H groups in total. The lowest BCUT2D eigenvalue weighted by molar-refractivity contribution is -0.152. The Morgan fingerprint density at radius 3 is 2.62 bits per heavy atom. The van der Waals surface area contributed by atoms with Crippen LogP contribution in [-0.4, -0.2) is 31.3 Å². The van der Waals surface area contributed by atoms with E-state index in [1.165, 1.54) is 7.11 Å². The van der Waals surface area contributed by atoms with Crippen LogP contribution in [0, 0.1) is 11.3 Å². The molecule has 76 valence electrons. The average molecular weight is 187 g/mol. The number of aliphatic carboxylic acids is 1. The summed E-state index contributed by atoms with van der Waals surface area (Å²) in [4.78, 5) is 11.0. The molecule has 1 saturated carbocycles. The third kappa shape index (κ3) is 2.42. The molecule has 0 aliphatic heterocycles. The Balaban J connectivity index is 2.61. The third-order valence-corrected chi connectivity index (χ3v) is 2.64. The van der Waals surface area contributed by atoms with Gasteiger partial charge in [-0.15, -0.1) is 0 Å². The van der Waals surface area contributed by atoms with Crippen LogP contribution in [0.2, 0.25) is 0 Å². The number of rotatable bonds is 6. The lowest BCUT2D eigenvalue weighted by atomic mass is 9.83. The highest BCUT2D eigenvalue weighted by Crippen LogP contribution is 2.40. The molecule has 1 aliphatic rings. The highest BCUT2D eigenvalue weighted by molar-refractivity contribution is 5.75. The first-order valence-corrected chi connectivity index (χ1v) is 4.57. The molecule has 1 aliphatic carbocycles. The van der Waals surface area contributed by atoms with Crippen LogP contribution < -0.4 is 5.73 Å². The zero-order valence-electron chi connectivity index (χ0n) is 7.95. The summed E-state index contributed by atoms with van der Waals surface area (Å²) in [6.07, 6.45) is 2.93. The predicted octanol–water partition coefficient (Wildman–Crippen LogP) is 0.463. The number of hydrogen-bond acceptors (Lipinski definition) is 3. The summed E-state index contributed by atoms with van der Waals surface area (Å²) < 4.78 is 4.93. The lowest BCUT2D eigenvalue weighted by Gasteiger charge is -2.26. The van der Waals surface area contributed by atoms with Crippen molar-refractivity contribution in [3.63, 3.8) is 0 Å². The van der Waals surface area contributed by atoms with E-state index in [0.717, 1.165) is 12.8 Å². The Bertz CT molecular complexity index is 191. The van der Waals surface area contributed by atoms with E-state index in [9.17, 15) is 4.79 Å². The van der Waals surface area contributed by atoms with E-state index in [4.69, 9.17) is 15.6 Å². The van der Waals surface area contributed by atoms with Gasteiger partial charge >= 0.3 is 5.97 Å². The molecule has 13 heavy (non-hydrogen) atoms. The van der Waals surface area contributed by atoms with Crippen molar-refractivity contribution < 1.29 is 14.6 Å². The molecule has 1 fully saturated rings. The van der Waals surface area contributed by atoms with Crippen LogP contribution in [0.3, 0.4) is 0 Å². The fraction of sp³-hybridized carbons (Fsp3) is 0.889. The van der Waals surface area contributed by atoms with Crippen LogP contribution in [0.25, 0.3) is 0 Å². The van der Waals surface area contributed by atoms with Gasteiger partial charge in [-0.3, -0.25) is 4.79 Å². The molecule has 0 aromatic rings. The SMILES string of the molecule is COCC(CN)(CC1CC1)C(=O)O.